The van der Waals surface area contributed by atoms with Crippen LogP contribution in [0.25, 0.3) is 0 Å². The van der Waals surface area contributed by atoms with E-state index in [1.807, 2.05) is 36.4 Å². The number of benzene rings is 2. The summed E-state index contributed by atoms with van der Waals surface area (Å²) in [6.07, 6.45) is 0.471. The smallest absolute Gasteiger partial charge is 0.311 e. The number of hydrogen-bond donors (Lipinski definition) is 1. The summed E-state index contributed by atoms with van der Waals surface area (Å²) in [5.41, 5.74) is 0.702. The molecule has 0 aliphatic carbocycles. The molecular formula is C20H21NO4. The third-order valence-electron chi connectivity index (χ3n) is 4.61. The Morgan fingerprint density at radius 1 is 1.16 bits per heavy atom. The van der Waals surface area contributed by atoms with Gasteiger partial charge in [0.2, 0.25) is 0 Å². The van der Waals surface area contributed by atoms with E-state index in [1.54, 1.807) is 30.0 Å². The molecule has 1 aliphatic heterocycles. The first-order valence-electron chi connectivity index (χ1n) is 8.27. The quantitative estimate of drug-likeness (QED) is 0.908. The van der Waals surface area contributed by atoms with Crippen LogP contribution >= 0.6 is 0 Å². The van der Waals surface area contributed by atoms with Crippen molar-refractivity contribution in [3.05, 3.63) is 65.7 Å². The van der Waals surface area contributed by atoms with Crippen molar-refractivity contribution in [2.24, 2.45) is 5.41 Å². The molecule has 2 aromatic rings. The first kappa shape index (κ1) is 17.0. The molecule has 130 valence electrons. The van der Waals surface area contributed by atoms with Crippen LogP contribution in [0.3, 0.4) is 0 Å². The summed E-state index contributed by atoms with van der Waals surface area (Å²) < 4.78 is 5.76. The highest BCUT2D eigenvalue weighted by molar-refractivity contribution is 5.95. The second-order valence-electron chi connectivity index (χ2n) is 6.64. The Kier molecular flexibility index (Phi) is 4.74. The molecule has 1 atom stereocenters. The minimum Gasteiger partial charge on any atom is -0.489 e. The van der Waals surface area contributed by atoms with E-state index < -0.39 is 11.4 Å². The number of carboxylic acid groups (broad SMARTS) is 1. The number of likely N-dealkylation sites (tertiary alicyclic amines) is 1. The SMILES string of the molecule is CC1(C(=O)O)CCN(C(=O)c2cccc(OCc3ccccc3)c2)C1. The number of rotatable bonds is 5. The summed E-state index contributed by atoms with van der Waals surface area (Å²) in [5.74, 6) is -0.396. The van der Waals surface area contributed by atoms with Gasteiger partial charge in [0.1, 0.15) is 12.4 Å². The standard InChI is InChI=1S/C20H21NO4/c1-20(19(23)24)10-11-21(14-20)18(22)16-8-5-9-17(12-16)25-13-15-6-3-2-4-7-15/h2-9,12H,10-11,13-14H2,1H3,(H,23,24). The van der Waals surface area contributed by atoms with Gasteiger partial charge < -0.3 is 14.7 Å². The predicted octanol–water partition coefficient (Wildman–Crippen LogP) is 3.20. The zero-order chi connectivity index (χ0) is 17.9. The lowest BCUT2D eigenvalue weighted by atomic mass is 9.90. The molecule has 1 amide bonds. The normalized spacial score (nSPS) is 19.6. The fourth-order valence-electron chi connectivity index (χ4n) is 2.95. The second-order valence-corrected chi connectivity index (χ2v) is 6.64. The average molecular weight is 339 g/mol. The summed E-state index contributed by atoms with van der Waals surface area (Å²) in [6.45, 7) is 2.80. The third kappa shape index (κ3) is 3.82. The van der Waals surface area contributed by atoms with Crippen molar-refractivity contribution in [2.75, 3.05) is 13.1 Å². The predicted molar refractivity (Wildman–Crippen MR) is 93.5 cm³/mol. The molecule has 1 fully saturated rings. The Bertz CT molecular complexity index is 774. The number of hydrogen-bond acceptors (Lipinski definition) is 3. The van der Waals surface area contributed by atoms with E-state index in [9.17, 15) is 14.7 Å². The third-order valence-corrected chi connectivity index (χ3v) is 4.61. The Morgan fingerprint density at radius 2 is 1.92 bits per heavy atom. The molecule has 3 rings (SSSR count). The maximum atomic E-state index is 12.7. The van der Waals surface area contributed by atoms with Crippen molar-refractivity contribution < 1.29 is 19.4 Å². The number of carboxylic acids is 1. The number of aliphatic carboxylic acids is 1. The lowest BCUT2D eigenvalue weighted by Gasteiger charge is -2.20. The second kappa shape index (κ2) is 6.97. The number of amides is 1. The molecule has 1 unspecified atom stereocenters. The lowest BCUT2D eigenvalue weighted by Crippen LogP contribution is -2.34. The molecule has 5 heteroatoms. The highest BCUT2D eigenvalue weighted by atomic mass is 16.5. The summed E-state index contributed by atoms with van der Waals surface area (Å²) in [6, 6.07) is 16.8. The van der Waals surface area contributed by atoms with Gasteiger partial charge in [0.15, 0.2) is 0 Å². The minimum absolute atomic E-state index is 0.157. The summed E-state index contributed by atoms with van der Waals surface area (Å²) >= 11 is 0. The Morgan fingerprint density at radius 3 is 2.60 bits per heavy atom. The van der Waals surface area contributed by atoms with Crippen LogP contribution in [0, 0.1) is 5.41 Å². The fourth-order valence-corrected chi connectivity index (χ4v) is 2.95. The van der Waals surface area contributed by atoms with Gasteiger partial charge in [0.25, 0.3) is 5.91 Å². The molecule has 0 bridgehead atoms. The largest absolute Gasteiger partial charge is 0.489 e. The highest BCUT2D eigenvalue weighted by Gasteiger charge is 2.42. The Balaban J connectivity index is 1.67. The van der Waals surface area contributed by atoms with Crippen molar-refractivity contribution in [3.8, 4) is 5.75 Å². The van der Waals surface area contributed by atoms with E-state index in [0.717, 1.165) is 5.56 Å². The van der Waals surface area contributed by atoms with E-state index in [-0.39, 0.29) is 12.5 Å². The van der Waals surface area contributed by atoms with Crippen molar-refractivity contribution in [2.45, 2.75) is 20.0 Å². The number of carbonyl (C=O) groups is 2. The van der Waals surface area contributed by atoms with Crippen LogP contribution in [0.1, 0.15) is 29.3 Å². The topological polar surface area (TPSA) is 66.8 Å². The van der Waals surface area contributed by atoms with Crippen LogP contribution in [-0.4, -0.2) is 35.0 Å². The van der Waals surface area contributed by atoms with Crippen LogP contribution in [0.15, 0.2) is 54.6 Å². The Labute approximate surface area is 146 Å². The lowest BCUT2D eigenvalue weighted by molar-refractivity contribution is -0.147. The highest BCUT2D eigenvalue weighted by Crippen LogP contribution is 2.31. The van der Waals surface area contributed by atoms with Gasteiger partial charge >= 0.3 is 5.97 Å². The van der Waals surface area contributed by atoms with Crippen molar-refractivity contribution in [1.29, 1.82) is 0 Å². The molecule has 1 heterocycles. The van der Waals surface area contributed by atoms with E-state index in [0.29, 0.717) is 30.9 Å². The Hall–Kier alpha value is -2.82. The van der Waals surface area contributed by atoms with Gasteiger partial charge in [-0.05, 0) is 37.1 Å². The molecule has 2 aromatic carbocycles. The molecular weight excluding hydrogens is 318 g/mol. The van der Waals surface area contributed by atoms with E-state index in [2.05, 4.69) is 0 Å². The average Bonchev–Trinajstić information content (AvgIpc) is 3.04. The van der Waals surface area contributed by atoms with Gasteiger partial charge in [0.05, 0.1) is 5.41 Å². The van der Waals surface area contributed by atoms with Crippen molar-refractivity contribution in [1.82, 2.24) is 4.90 Å². The fraction of sp³-hybridized carbons (Fsp3) is 0.300. The van der Waals surface area contributed by atoms with Crippen LogP contribution in [0.4, 0.5) is 0 Å². The maximum absolute atomic E-state index is 12.7. The van der Waals surface area contributed by atoms with E-state index in [1.165, 1.54) is 0 Å². The number of ether oxygens (including phenoxy) is 1. The van der Waals surface area contributed by atoms with E-state index in [4.69, 9.17) is 4.74 Å². The maximum Gasteiger partial charge on any atom is 0.311 e. The molecule has 0 saturated carbocycles. The summed E-state index contributed by atoms with van der Waals surface area (Å²) in [7, 11) is 0. The van der Waals surface area contributed by atoms with Gasteiger partial charge in [-0.1, -0.05) is 36.4 Å². The zero-order valence-electron chi connectivity index (χ0n) is 14.1. The van der Waals surface area contributed by atoms with Crippen LogP contribution in [0.2, 0.25) is 0 Å². The van der Waals surface area contributed by atoms with Gasteiger partial charge in [-0.3, -0.25) is 9.59 Å². The number of nitrogens with zero attached hydrogens (tertiary/aromatic N) is 1. The van der Waals surface area contributed by atoms with Gasteiger partial charge in [-0.2, -0.15) is 0 Å². The molecule has 25 heavy (non-hydrogen) atoms. The molecule has 5 nitrogen and oxygen atoms in total. The van der Waals surface area contributed by atoms with Crippen LogP contribution in [-0.2, 0) is 11.4 Å². The summed E-state index contributed by atoms with van der Waals surface area (Å²) in [5, 5.41) is 9.31. The van der Waals surface area contributed by atoms with Crippen LogP contribution < -0.4 is 4.74 Å². The van der Waals surface area contributed by atoms with Crippen LogP contribution in [0.5, 0.6) is 5.75 Å². The van der Waals surface area contributed by atoms with Crippen molar-refractivity contribution >= 4 is 11.9 Å². The molecule has 0 radical (unpaired) electrons. The number of carbonyl (C=O) groups excluding carboxylic acids is 1. The molecule has 1 N–H and O–H groups in total. The monoisotopic (exact) mass is 339 g/mol. The van der Waals surface area contributed by atoms with Crippen molar-refractivity contribution in [3.63, 3.8) is 0 Å². The molecule has 1 saturated heterocycles. The summed E-state index contributed by atoms with van der Waals surface area (Å²) in [4.78, 5) is 25.6. The minimum atomic E-state index is -0.864. The molecule has 0 aromatic heterocycles. The van der Waals surface area contributed by atoms with Gasteiger partial charge in [-0.25, -0.2) is 0 Å². The van der Waals surface area contributed by atoms with Gasteiger partial charge in [-0.15, -0.1) is 0 Å². The molecule has 0 spiro atoms. The molecule has 1 aliphatic rings. The first-order chi connectivity index (χ1) is 12.0. The zero-order valence-corrected chi connectivity index (χ0v) is 14.1. The first-order valence-corrected chi connectivity index (χ1v) is 8.27. The van der Waals surface area contributed by atoms with Gasteiger partial charge in [0, 0.05) is 18.7 Å². The van der Waals surface area contributed by atoms with E-state index >= 15 is 0 Å².